The molecule has 1 atom stereocenters. The summed E-state index contributed by atoms with van der Waals surface area (Å²) in [6.07, 6.45) is 0. The highest BCUT2D eigenvalue weighted by atomic mass is 16.3. The molecule has 1 unspecified atom stereocenters. The molecule has 100 valence electrons. The Morgan fingerprint density at radius 1 is 1.16 bits per heavy atom. The van der Waals surface area contributed by atoms with E-state index in [9.17, 15) is 9.90 Å². The quantitative estimate of drug-likeness (QED) is 0.884. The predicted molar refractivity (Wildman–Crippen MR) is 77.1 cm³/mol. The van der Waals surface area contributed by atoms with Gasteiger partial charge < -0.3 is 10.4 Å². The minimum absolute atomic E-state index is 0.0447. The highest BCUT2D eigenvalue weighted by Gasteiger charge is 2.16. The monoisotopic (exact) mass is 257 g/mol. The standard InChI is InChI=1S/C16H19NO2/c1-11(2)15(10-18)17-16(19)14-8-7-12-5-3-4-6-13(12)9-14/h3-9,11,15,18H,10H2,1-2H3,(H,17,19). The number of aliphatic hydroxyl groups excluding tert-OH is 1. The van der Waals surface area contributed by atoms with Crippen LogP contribution in [0.15, 0.2) is 42.5 Å². The van der Waals surface area contributed by atoms with Gasteiger partial charge in [0.2, 0.25) is 0 Å². The van der Waals surface area contributed by atoms with Gasteiger partial charge in [-0.3, -0.25) is 4.79 Å². The Morgan fingerprint density at radius 3 is 2.47 bits per heavy atom. The summed E-state index contributed by atoms with van der Waals surface area (Å²) in [5.41, 5.74) is 0.623. The van der Waals surface area contributed by atoms with Crippen molar-refractivity contribution >= 4 is 16.7 Å². The van der Waals surface area contributed by atoms with Crippen LogP contribution in [0.2, 0.25) is 0 Å². The van der Waals surface area contributed by atoms with Crippen molar-refractivity contribution in [2.75, 3.05) is 6.61 Å². The van der Waals surface area contributed by atoms with Gasteiger partial charge in [0, 0.05) is 5.56 Å². The van der Waals surface area contributed by atoms with E-state index in [0.29, 0.717) is 5.56 Å². The van der Waals surface area contributed by atoms with Gasteiger partial charge in [0.25, 0.3) is 5.91 Å². The lowest BCUT2D eigenvalue weighted by molar-refractivity contribution is 0.0897. The molecule has 0 aliphatic carbocycles. The first-order valence-corrected chi connectivity index (χ1v) is 6.52. The van der Waals surface area contributed by atoms with Crippen LogP contribution < -0.4 is 5.32 Å². The van der Waals surface area contributed by atoms with Crippen LogP contribution in [-0.4, -0.2) is 23.7 Å². The maximum atomic E-state index is 12.1. The molecule has 0 fully saturated rings. The zero-order valence-electron chi connectivity index (χ0n) is 11.3. The molecule has 0 aromatic heterocycles. The van der Waals surface area contributed by atoms with Gasteiger partial charge in [-0.1, -0.05) is 44.2 Å². The summed E-state index contributed by atoms with van der Waals surface area (Å²) in [7, 11) is 0. The van der Waals surface area contributed by atoms with Gasteiger partial charge in [-0.05, 0) is 28.8 Å². The first-order chi connectivity index (χ1) is 9.11. The molecule has 0 bridgehead atoms. The van der Waals surface area contributed by atoms with Crippen molar-refractivity contribution in [2.45, 2.75) is 19.9 Å². The fraction of sp³-hybridized carbons (Fsp3) is 0.312. The average molecular weight is 257 g/mol. The van der Waals surface area contributed by atoms with E-state index >= 15 is 0 Å². The maximum Gasteiger partial charge on any atom is 0.251 e. The van der Waals surface area contributed by atoms with E-state index in [2.05, 4.69) is 5.32 Å². The van der Waals surface area contributed by atoms with Crippen LogP contribution in [0, 0.1) is 5.92 Å². The average Bonchev–Trinajstić information content (AvgIpc) is 2.43. The fourth-order valence-electron chi connectivity index (χ4n) is 2.01. The molecule has 0 radical (unpaired) electrons. The number of aliphatic hydroxyl groups is 1. The van der Waals surface area contributed by atoms with Gasteiger partial charge in [0.15, 0.2) is 0 Å². The van der Waals surface area contributed by atoms with Crippen LogP contribution in [0.4, 0.5) is 0 Å². The molecule has 2 N–H and O–H groups in total. The van der Waals surface area contributed by atoms with E-state index in [4.69, 9.17) is 0 Å². The number of rotatable bonds is 4. The molecule has 3 heteroatoms. The Labute approximate surface area is 113 Å². The zero-order chi connectivity index (χ0) is 13.8. The lowest BCUT2D eigenvalue weighted by Crippen LogP contribution is -2.41. The third kappa shape index (κ3) is 3.12. The van der Waals surface area contributed by atoms with Crippen LogP contribution in [0.5, 0.6) is 0 Å². The highest BCUT2D eigenvalue weighted by molar-refractivity contribution is 5.98. The Bertz CT molecular complexity index is 578. The number of carbonyl (C=O) groups excluding carboxylic acids is 1. The predicted octanol–water partition coefficient (Wildman–Crippen LogP) is 2.59. The molecule has 2 aromatic carbocycles. The normalized spacial score (nSPS) is 12.6. The SMILES string of the molecule is CC(C)C(CO)NC(=O)c1ccc2ccccc2c1. The van der Waals surface area contributed by atoms with Crippen molar-refractivity contribution in [1.29, 1.82) is 0 Å². The second kappa shape index (κ2) is 5.85. The van der Waals surface area contributed by atoms with Gasteiger partial charge in [-0.15, -0.1) is 0 Å². The van der Waals surface area contributed by atoms with Crippen molar-refractivity contribution in [3.8, 4) is 0 Å². The largest absolute Gasteiger partial charge is 0.394 e. The summed E-state index contributed by atoms with van der Waals surface area (Å²) >= 11 is 0. The van der Waals surface area contributed by atoms with Crippen molar-refractivity contribution in [1.82, 2.24) is 5.32 Å². The van der Waals surface area contributed by atoms with Gasteiger partial charge in [-0.2, -0.15) is 0 Å². The minimum atomic E-state index is -0.209. The van der Waals surface area contributed by atoms with E-state index in [-0.39, 0.29) is 24.5 Å². The number of benzene rings is 2. The molecule has 19 heavy (non-hydrogen) atoms. The van der Waals surface area contributed by atoms with E-state index in [1.54, 1.807) is 0 Å². The van der Waals surface area contributed by atoms with Gasteiger partial charge in [0.05, 0.1) is 12.6 Å². The summed E-state index contributed by atoms with van der Waals surface area (Å²) in [4.78, 5) is 12.1. The minimum Gasteiger partial charge on any atom is -0.394 e. The van der Waals surface area contributed by atoms with Crippen LogP contribution in [0.3, 0.4) is 0 Å². The Balaban J connectivity index is 2.21. The highest BCUT2D eigenvalue weighted by Crippen LogP contribution is 2.16. The molecule has 0 aliphatic heterocycles. The first kappa shape index (κ1) is 13.6. The molecule has 3 nitrogen and oxygen atoms in total. The van der Waals surface area contributed by atoms with Crippen LogP contribution in [0.25, 0.3) is 10.8 Å². The molecule has 2 rings (SSSR count). The second-order valence-corrected chi connectivity index (χ2v) is 5.07. The van der Waals surface area contributed by atoms with Gasteiger partial charge in [0.1, 0.15) is 0 Å². The lowest BCUT2D eigenvalue weighted by Gasteiger charge is -2.20. The summed E-state index contributed by atoms with van der Waals surface area (Å²) in [5.74, 6) is 0.0629. The topological polar surface area (TPSA) is 49.3 Å². The summed E-state index contributed by atoms with van der Waals surface area (Å²) < 4.78 is 0. The maximum absolute atomic E-state index is 12.1. The number of hydrogen-bond acceptors (Lipinski definition) is 2. The van der Waals surface area contributed by atoms with Gasteiger partial charge in [-0.25, -0.2) is 0 Å². The third-order valence-corrected chi connectivity index (χ3v) is 3.33. The first-order valence-electron chi connectivity index (χ1n) is 6.52. The van der Waals surface area contributed by atoms with E-state index in [1.165, 1.54) is 0 Å². The fourth-order valence-corrected chi connectivity index (χ4v) is 2.01. The molecule has 0 saturated carbocycles. The Morgan fingerprint density at radius 2 is 1.84 bits per heavy atom. The molecular formula is C16H19NO2. The summed E-state index contributed by atoms with van der Waals surface area (Å²) in [6.45, 7) is 3.90. The lowest BCUT2D eigenvalue weighted by atomic mass is 10.0. The molecule has 0 spiro atoms. The molecule has 0 heterocycles. The number of amides is 1. The summed E-state index contributed by atoms with van der Waals surface area (Å²) in [5, 5.41) is 14.3. The van der Waals surface area contributed by atoms with Crippen molar-refractivity contribution in [2.24, 2.45) is 5.92 Å². The molecule has 1 amide bonds. The van der Waals surface area contributed by atoms with E-state index in [0.717, 1.165) is 10.8 Å². The Kier molecular flexibility index (Phi) is 4.17. The summed E-state index contributed by atoms with van der Waals surface area (Å²) in [6, 6.07) is 13.3. The van der Waals surface area contributed by atoms with Gasteiger partial charge >= 0.3 is 0 Å². The molecule has 0 saturated heterocycles. The van der Waals surface area contributed by atoms with E-state index in [1.807, 2.05) is 56.3 Å². The van der Waals surface area contributed by atoms with E-state index < -0.39 is 0 Å². The third-order valence-electron chi connectivity index (χ3n) is 3.33. The number of carbonyl (C=O) groups is 1. The number of nitrogens with one attached hydrogen (secondary N) is 1. The molecule has 2 aromatic rings. The van der Waals surface area contributed by atoms with Crippen molar-refractivity contribution in [3.63, 3.8) is 0 Å². The van der Waals surface area contributed by atoms with Crippen LogP contribution >= 0.6 is 0 Å². The Hall–Kier alpha value is -1.87. The zero-order valence-corrected chi connectivity index (χ0v) is 11.3. The van der Waals surface area contributed by atoms with Crippen molar-refractivity contribution in [3.05, 3.63) is 48.0 Å². The number of fused-ring (bicyclic) bond motifs is 1. The number of hydrogen-bond donors (Lipinski definition) is 2. The molecule has 0 aliphatic rings. The molecular weight excluding hydrogens is 238 g/mol. The van der Waals surface area contributed by atoms with Crippen molar-refractivity contribution < 1.29 is 9.90 Å². The van der Waals surface area contributed by atoms with Crippen LogP contribution in [-0.2, 0) is 0 Å². The van der Waals surface area contributed by atoms with Crippen LogP contribution in [0.1, 0.15) is 24.2 Å². The smallest absolute Gasteiger partial charge is 0.251 e. The second-order valence-electron chi connectivity index (χ2n) is 5.07.